The summed E-state index contributed by atoms with van der Waals surface area (Å²) in [5.74, 6) is -0.499. The molecule has 0 aliphatic heterocycles. The molecule has 1 aromatic carbocycles. The van der Waals surface area contributed by atoms with Crippen molar-refractivity contribution in [2.45, 2.75) is 54.3 Å². The van der Waals surface area contributed by atoms with Crippen LogP contribution in [0.4, 0.5) is 0 Å². The van der Waals surface area contributed by atoms with Crippen molar-refractivity contribution in [3.63, 3.8) is 0 Å². The molecule has 3 rings (SSSR count). The van der Waals surface area contributed by atoms with Gasteiger partial charge in [0.1, 0.15) is 18.1 Å². The van der Waals surface area contributed by atoms with E-state index in [0.29, 0.717) is 28.3 Å². The van der Waals surface area contributed by atoms with Gasteiger partial charge in [-0.05, 0) is 65.3 Å². The minimum Gasteiger partial charge on any atom is -0.489 e. The van der Waals surface area contributed by atoms with Crippen molar-refractivity contribution in [2.24, 2.45) is 0 Å². The molecule has 0 aliphatic carbocycles. The Morgan fingerprint density at radius 2 is 1.85 bits per heavy atom. The highest BCUT2D eigenvalue weighted by Crippen LogP contribution is 2.22. The lowest BCUT2D eigenvalue weighted by atomic mass is 10.1. The fourth-order valence-corrected chi connectivity index (χ4v) is 3.57. The van der Waals surface area contributed by atoms with Gasteiger partial charge >= 0.3 is 11.9 Å². The summed E-state index contributed by atoms with van der Waals surface area (Å²) in [4.78, 5) is 40.8. The monoisotopic (exact) mass is 468 g/mol. The van der Waals surface area contributed by atoms with Gasteiger partial charge in [0, 0.05) is 5.69 Å². The zero-order valence-corrected chi connectivity index (χ0v) is 20.1. The molecule has 0 unspecified atom stereocenters. The molecular formula is C25H28N2O7. The number of carbonyl (C=O) groups excluding carboxylic acids is 3. The Morgan fingerprint density at radius 3 is 2.50 bits per heavy atom. The van der Waals surface area contributed by atoms with Crippen LogP contribution in [0.5, 0.6) is 5.75 Å². The predicted molar refractivity (Wildman–Crippen MR) is 122 cm³/mol. The van der Waals surface area contributed by atoms with Crippen molar-refractivity contribution in [3.05, 3.63) is 69.4 Å². The van der Waals surface area contributed by atoms with E-state index in [2.05, 4.69) is 10.1 Å². The molecule has 2 heterocycles. The first-order valence-corrected chi connectivity index (χ1v) is 10.9. The first-order chi connectivity index (χ1) is 16.1. The molecule has 0 saturated carbocycles. The lowest BCUT2D eigenvalue weighted by Crippen LogP contribution is -2.25. The van der Waals surface area contributed by atoms with Crippen molar-refractivity contribution >= 4 is 17.7 Å². The Balaban J connectivity index is 1.69. The van der Waals surface area contributed by atoms with Crippen molar-refractivity contribution in [1.29, 1.82) is 0 Å². The zero-order valence-electron chi connectivity index (χ0n) is 20.1. The van der Waals surface area contributed by atoms with E-state index in [1.165, 1.54) is 6.92 Å². The van der Waals surface area contributed by atoms with E-state index >= 15 is 0 Å². The van der Waals surface area contributed by atoms with Crippen LogP contribution in [0.1, 0.15) is 73.3 Å². The summed E-state index contributed by atoms with van der Waals surface area (Å²) in [6.45, 7) is 10.6. The standard InChI is InChI=1S/C25H28N2O7/c1-7-31-25(30)21-13(2)22(26-15(21)4)23(28)17(6)33-24(29)18-9-8-10-19(11-18)32-12-20-14(3)27-34-16(20)5/h8-11,17,26H,7,12H2,1-6H3/t17-/m1/s1. The molecule has 0 amide bonds. The van der Waals surface area contributed by atoms with Gasteiger partial charge in [0.25, 0.3) is 0 Å². The van der Waals surface area contributed by atoms with Gasteiger partial charge < -0.3 is 23.7 Å². The van der Waals surface area contributed by atoms with Gasteiger partial charge in [-0.1, -0.05) is 11.2 Å². The second-order valence-electron chi connectivity index (χ2n) is 7.88. The fraction of sp³-hybridized carbons (Fsp3) is 0.360. The first-order valence-electron chi connectivity index (χ1n) is 10.9. The van der Waals surface area contributed by atoms with Crippen molar-refractivity contribution in [2.75, 3.05) is 6.61 Å². The van der Waals surface area contributed by atoms with E-state index in [-0.39, 0.29) is 24.5 Å². The van der Waals surface area contributed by atoms with E-state index in [0.717, 1.165) is 11.3 Å². The number of nitrogens with zero attached hydrogens (tertiary/aromatic N) is 1. The molecule has 34 heavy (non-hydrogen) atoms. The van der Waals surface area contributed by atoms with Crippen LogP contribution in [-0.4, -0.2) is 40.6 Å². The smallest absolute Gasteiger partial charge is 0.340 e. The lowest BCUT2D eigenvalue weighted by molar-refractivity contribution is 0.0316. The molecular weight excluding hydrogens is 440 g/mol. The number of aromatic nitrogens is 2. The first kappa shape index (κ1) is 24.8. The molecule has 1 atom stereocenters. The van der Waals surface area contributed by atoms with Crippen LogP contribution in [0.2, 0.25) is 0 Å². The number of hydrogen-bond donors (Lipinski definition) is 1. The Morgan fingerprint density at radius 1 is 1.12 bits per heavy atom. The second kappa shape index (κ2) is 10.4. The Labute approximate surface area is 197 Å². The van der Waals surface area contributed by atoms with E-state index in [1.54, 1.807) is 52.0 Å². The molecule has 0 aliphatic rings. The summed E-state index contributed by atoms with van der Waals surface area (Å²) in [7, 11) is 0. The normalized spacial score (nSPS) is 11.7. The third-order valence-corrected chi connectivity index (χ3v) is 5.45. The number of ether oxygens (including phenoxy) is 3. The number of H-pyrrole nitrogens is 1. The number of hydrogen-bond acceptors (Lipinski definition) is 8. The zero-order chi connectivity index (χ0) is 25.0. The van der Waals surface area contributed by atoms with E-state index in [9.17, 15) is 14.4 Å². The largest absolute Gasteiger partial charge is 0.489 e. The van der Waals surface area contributed by atoms with Gasteiger partial charge in [0.15, 0.2) is 6.10 Å². The summed E-state index contributed by atoms with van der Waals surface area (Å²) in [5, 5.41) is 3.89. The number of esters is 2. The maximum Gasteiger partial charge on any atom is 0.340 e. The van der Waals surface area contributed by atoms with Crippen LogP contribution in [0.15, 0.2) is 28.8 Å². The molecule has 2 aromatic heterocycles. The minimum absolute atomic E-state index is 0.206. The van der Waals surface area contributed by atoms with Gasteiger partial charge in [-0.2, -0.15) is 0 Å². The third-order valence-electron chi connectivity index (χ3n) is 5.45. The van der Waals surface area contributed by atoms with E-state index in [1.807, 2.05) is 6.92 Å². The number of ketones is 1. The maximum atomic E-state index is 12.9. The van der Waals surface area contributed by atoms with Crippen LogP contribution in [-0.2, 0) is 16.1 Å². The molecule has 9 nitrogen and oxygen atoms in total. The highest BCUT2D eigenvalue weighted by atomic mass is 16.5. The maximum absolute atomic E-state index is 12.9. The number of carbonyl (C=O) groups is 3. The second-order valence-corrected chi connectivity index (χ2v) is 7.88. The Hall–Kier alpha value is -3.88. The molecule has 0 fully saturated rings. The van der Waals surface area contributed by atoms with Crippen LogP contribution in [0.25, 0.3) is 0 Å². The van der Waals surface area contributed by atoms with Gasteiger partial charge in [-0.15, -0.1) is 0 Å². The predicted octanol–water partition coefficient (Wildman–Crippen LogP) is 4.42. The number of nitrogens with one attached hydrogen (secondary N) is 1. The van der Waals surface area contributed by atoms with Crippen LogP contribution in [0, 0.1) is 27.7 Å². The van der Waals surface area contributed by atoms with Gasteiger partial charge in [-0.25, -0.2) is 9.59 Å². The number of benzene rings is 1. The van der Waals surface area contributed by atoms with Crippen molar-refractivity contribution in [1.82, 2.24) is 10.1 Å². The third kappa shape index (κ3) is 5.19. The average molecular weight is 469 g/mol. The minimum atomic E-state index is -1.08. The quantitative estimate of drug-likeness (QED) is 0.362. The molecule has 0 bridgehead atoms. The molecule has 3 aromatic rings. The van der Waals surface area contributed by atoms with E-state index < -0.39 is 23.8 Å². The van der Waals surface area contributed by atoms with Crippen LogP contribution in [0.3, 0.4) is 0 Å². The van der Waals surface area contributed by atoms with Gasteiger partial charge in [-0.3, -0.25) is 4.79 Å². The van der Waals surface area contributed by atoms with Crippen molar-refractivity contribution < 1.29 is 33.1 Å². The summed E-state index contributed by atoms with van der Waals surface area (Å²) in [6.07, 6.45) is -1.08. The van der Waals surface area contributed by atoms with Crippen LogP contribution >= 0.6 is 0 Å². The molecule has 1 N–H and O–H groups in total. The Kier molecular flexibility index (Phi) is 7.55. The summed E-state index contributed by atoms with van der Waals surface area (Å²) in [5.41, 5.74) is 3.30. The molecule has 0 spiro atoms. The molecule has 9 heteroatoms. The topological polar surface area (TPSA) is 121 Å². The summed E-state index contributed by atoms with van der Waals surface area (Å²) < 4.78 is 21.4. The number of rotatable bonds is 9. The lowest BCUT2D eigenvalue weighted by Gasteiger charge is -2.13. The molecule has 0 radical (unpaired) electrons. The SMILES string of the molecule is CCOC(=O)c1c(C)[nH]c(C(=O)[C@@H](C)OC(=O)c2cccc(OCc3c(C)noc3C)c2)c1C. The molecule has 0 saturated heterocycles. The number of Topliss-reactive ketones (excluding diaryl/α,β-unsaturated/α-hetero) is 1. The fourth-order valence-electron chi connectivity index (χ4n) is 3.57. The molecule has 180 valence electrons. The van der Waals surface area contributed by atoms with Crippen LogP contribution < -0.4 is 4.74 Å². The van der Waals surface area contributed by atoms with Gasteiger partial charge in [0.05, 0.1) is 34.7 Å². The number of aryl methyl sites for hydroxylation is 3. The highest BCUT2D eigenvalue weighted by Gasteiger charge is 2.28. The summed E-state index contributed by atoms with van der Waals surface area (Å²) in [6, 6.07) is 6.49. The van der Waals surface area contributed by atoms with E-state index in [4.69, 9.17) is 18.7 Å². The number of aromatic amines is 1. The highest BCUT2D eigenvalue weighted by molar-refractivity contribution is 6.04. The van der Waals surface area contributed by atoms with Gasteiger partial charge in [0.2, 0.25) is 5.78 Å². The Bertz CT molecular complexity index is 1200. The summed E-state index contributed by atoms with van der Waals surface area (Å²) >= 11 is 0. The average Bonchev–Trinajstić information content (AvgIpc) is 3.28. The van der Waals surface area contributed by atoms with Crippen molar-refractivity contribution in [3.8, 4) is 5.75 Å².